The van der Waals surface area contributed by atoms with Crippen molar-refractivity contribution in [2.75, 3.05) is 19.6 Å². The van der Waals surface area contributed by atoms with Crippen molar-refractivity contribution in [3.05, 3.63) is 65.7 Å². The monoisotopic (exact) mass is 342 g/mol. The second kappa shape index (κ2) is 8.58. The topological polar surface area (TPSA) is 66.1 Å². The highest BCUT2D eigenvalue weighted by molar-refractivity contribution is 5.75. The summed E-state index contributed by atoms with van der Waals surface area (Å²) in [6.45, 7) is 2.67. The van der Waals surface area contributed by atoms with Gasteiger partial charge in [0.15, 0.2) is 0 Å². The maximum Gasteiger partial charge on any atom is 0.315 e. The first kappa shape index (κ1) is 17.4. The normalized spacial score (nSPS) is 16.2. The molecule has 1 aromatic carbocycles. The Morgan fingerprint density at radius 1 is 1.12 bits per heavy atom. The van der Waals surface area contributed by atoms with E-state index in [0.29, 0.717) is 12.5 Å². The van der Waals surface area contributed by atoms with Crippen LogP contribution < -0.4 is 16.0 Å². The van der Waals surface area contributed by atoms with Crippen LogP contribution in [-0.2, 0) is 0 Å². The van der Waals surface area contributed by atoms with Gasteiger partial charge in [-0.15, -0.1) is 0 Å². The highest BCUT2D eigenvalue weighted by atomic mass is 19.1. The lowest BCUT2D eigenvalue weighted by Crippen LogP contribution is -2.42. The number of pyridine rings is 1. The summed E-state index contributed by atoms with van der Waals surface area (Å²) in [4.78, 5) is 16.4. The predicted molar refractivity (Wildman–Crippen MR) is 94.6 cm³/mol. The average Bonchev–Trinajstić information content (AvgIpc) is 2.67. The quantitative estimate of drug-likeness (QED) is 0.782. The summed E-state index contributed by atoms with van der Waals surface area (Å²) in [5.41, 5.74) is 1.73. The summed E-state index contributed by atoms with van der Waals surface area (Å²) in [7, 11) is 0. The Kier molecular flexibility index (Phi) is 5.95. The molecule has 0 saturated carbocycles. The minimum absolute atomic E-state index is 0.218. The number of nitrogens with zero attached hydrogens (tertiary/aromatic N) is 1. The lowest BCUT2D eigenvalue weighted by atomic mass is 9.98. The highest BCUT2D eigenvalue weighted by Crippen LogP contribution is 2.22. The summed E-state index contributed by atoms with van der Waals surface area (Å²) in [5, 5.41) is 9.28. The van der Waals surface area contributed by atoms with Crippen molar-refractivity contribution in [2.24, 2.45) is 5.92 Å². The van der Waals surface area contributed by atoms with Crippen LogP contribution in [-0.4, -0.2) is 30.6 Å². The Balaban J connectivity index is 1.66. The largest absolute Gasteiger partial charge is 0.338 e. The Morgan fingerprint density at radius 2 is 1.76 bits per heavy atom. The molecule has 3 rings (SSSR count). The van der Waals surface area contributed by atoms with Crippen molar-refractivity contribution in [3.63, 3.8) is 0 Å². The summed E-state index contributed by atoms with van der Waals surface area (Å²) in [6.07, 6.45) is 5.51. The molecule has 1 aliphatic rings. The SMILES string of the molecule is O=C(NCC1CCNCC1)NC(c1ccncc1)c1ccc(F)cc1. The van der Waals surface area contributed by atoms with E-state index in [-0.39, 0.29) is 17.9 Å². The van der Waals surface area contributed by atoms with E-state index in [0.717, 1.165) is 37.1 Å². The first-order chi connectivity index (χ1) is 12.2. The van der Waals surface area contributed by atoms with E-state index >= 15 is 0 Å². The number of amides is 2. The number of carbonyl (C=O) groups is 1. The first-order valence-corrected chi connectivity index (χ1v) is 8.63. The van der Waals surface area contributed by atoms with Gasteiger partial charge < -0.3 is 16.0 Å². The number of carbonyl (C=O) groups excluding carboxylic acids is 1. The number of hydrogen-bond acceptors (Lipinski definition) is 3. The van der Waals surface area contributed by atoms with Gasteiger partial charge in [0.1, 0.15) is 5.82 Å². The summed E-state index contributed by atoms with van der Waals surface area (Å²) in [5.74, 6) is 0.213. The van der Waals surface area contributed by atoms with Crippen LogP contribution in [0, 0.1) is 11.7 Å². The van der Waals surface area contributed by atoms with Crippen molar-refractivity contribution >= 4 is 6.03 Å². The fourth-order valence-electron chi connectivity index (χ4n) is 3.08. The minimum atomic E-state index is -0.350. The number of rotatable bonds is 5. The minimum Gasteiger partial charge on any atom is -0.338 e. The molecule has 2 amide bonds. The molecule has 25 heavy (non-hydrogen) atoms. The fourth-order valence-corrected chi connectivity index (χ4v) is 3.08. The van der Waals surface area contributed by atoms with Crippen molar-refractivity contribution in [3.8, 4) is 0 Å². The van der Waals surface area contributed by atoms with E-state index in [4.69, 9.17) is 0 Å². The zero-order chi connectivity index (χ0) is 17.5. The molecule has 1 saturated heterocycles. The van der Waals surface area contributed by atoms with E-state index in [9.17, 15) is 9.18 Å². The van der Waals surface area contributed by atoms with Crippen LogP contribution in [0.4, 0.5) is 9.18 Å². The molecule has 0 radical (unpaired) electrons. The van der Waals surface area contributed by atoms with Crippen LogP contribution in [0.5, 0.6) is 0 Å². The van der Waals surface area contributed by atoms with Gasteiger partial charge in [0, 0.05) is 18.9 Å². The molecule has 5 nitrogen and oxygen atoms in total. The van der Waals surface area contributed by atoms with Crippen LogP contribution in [0.2, 0.25) is 0 Å². The number of benzene rings is 1. The van der Waals surface area contributed by atoms with Crippen molar-refractivity contribution in [1.29, 1.82) is 0 Å². The predicted octanol–water partition coefficient (Wildman–Crippen LogP) is 2.61. The van der Waals surface area contributed by atoms with Crippen LogP contribution >= 0.6 is 0 Å². The second-order valence-electron chi connectivity index (χ2n) is 6.31. The number of aromatic nitrogens is 1. The van der Waals surface area contributed by atoms with Gasteiger partial charge in [-0.3, -0.25) is 4.98 Å². The number of hydrogen-bond donors (Lipinski definition) is 3. The van der Waals surface area contributed by atoms with Gasteiger partial charge in [0.25, 0.3) is 0 Å². The van der Waals surface area contributed by atoms with Crippen LogP contribution in [0.3, 0.4) is 0 Å². The molecule has 1 aromatic heterocycles. The molecule has 2 aromatic rings. The fraction of sp³-hybridized carbons (Fsp3) is 0.368. The Hall–Kier alpha value is -2.47. The molecule has 6 heteroatoms. The zero-order valence-electron chi connectivity index (χ0n) is 14.0. The number of halogens is 1. The van der Waals surface area contributed by atoms with Crippen molar-refractivity contribution in [1.82, 2.24) is 20.9 Å². The van der Waals surface area contributed by atoms with Crippen LogP contribution in [0.1, 0.15) is 30.0 Å². The van der Waals surface area contributed by atoms with E-state index in [1.165, 1.54) is 12.1 Å². The standard InChI is InChI=1S/C19H23FN4O/c20-17-3-1-15(2-4-17)18(16-7-11-22-12-8-16)24-19(25)23-13-14-5-9-21-10-6-14/h1-4,7-8,11-12,14,18,21H,5-6,9-10,13H2,(H2,23,24,25). The molecule has 3 N–H and O–H groups in total. The van der Waals surface area contributed by atoms with E-state index in [2.05, 4.69) is 20.9 Å². The van der Waals surface area contributed by atoms with E-state index in [1.807, 2.05) is 12.1 Å². The average molecular weight is 342 g/mol. The number of urea groups is 1. The van der Waals surface area contributed by atoms with Gasteiger partial charge in [0.05, 0.1) is 6.04 Å². The van der Waals surface area contributed by atoms with E-state index < -0.39 is 0 Å². The number of nitrogens with one attached hydrogen (secondary N) is 3. The Morgan fingerprint density at radius 3 is 2.44 bits per heavy atom. The highest BCUT2D eigenvalue weighted by Gasteiger charge is 2.18. The van der Waals surface area contributed by atoms with Gasteiger partial charge in [-0.1, -0.05) is 12.1 Å². The van der Waals surface area contributed by atoms with E-state index in [1.54, 1.807) is 24.5 Å². The van der Waals surface area contributed by atoms with Gasteiger partial charge in [-0.2, -0.15) is 0 Å². The molecule has 0 spiro atoms. The third kappa shape index (κ3) is 5.00. The molecular formula is C19H23FN4O. The Bertz CT molecular complexity index is 672. The summed E-state index contributed by atoms with van der Waals surface area (Å²) < 4.78 is 13.2. The van der Waals surface area contributed by atoms with Crippen LogP contribution in [0.15, 0.2) is 48.8 Å². The second-order valence-corrected chi connectivity index (χ2v) is 6.31. The van der Waals surface area contributed by atoms with Gasteiger partial charge in [-0.25, -0.2) is 9.18 Å². The molecule has 1 atom stereocenters. The van der Waals surface area contributed by atoms with Crippen molar-refractivity contribution < 1.29 is 9.18 Å². The molecule has 1 unspecified atom stereocenters. The molecule has 1 aliphatic heterocycles. The molecule has 0 bridgehead atoms. The molecule has 2 heterocycles. The maximum absolute atomic E-state index is 13.2. The molecule has 132 valence electrons. The maximum atomic E-state index is 13.2. The molecule has 1 fully saturated rings. The summed E-state index contributed by atoms with van der Waals surface area (Å²) in [6, 6.07) is 9.31. The van der Waals surface area contributed by atoms with Crippen LogP contribution in [0.25, 0.3) is 0 Å². The Labute approximate surface area is 147 Å². The third-order valence-corrected chi connectivity index (χ3v) is 4.53. The zero-order valence-corrected chi connectivity index (χ0v) is 14.0. The lowest BCUT2D eigenvalue weighted by Gasteiger charge is -2.24. The smallest absolute Gasteiger partial charge is 0.315 e. The number of piperidine rings is 1. The molecular weight excluding hydrogens is 319 g/mol. The lowest BCUT2D eigenvalue weighted by molar-refractivity contribution is 0.234. The molecule has 0 aliphatic carbocycles. The van der Waals surface area contributed by atoms with Gasteiger partial charge >= 0.3 is 6.03 Å². The summed E-state index contributed by atoms with van der Waals surface area (Å²) >= 11 is 0. The van der Waals surface area contributed by atoms with Gasteiger partial charge in [0.2, 0.25) is 0 Å². The first-order valence-electron chi connectivity index (χ1n) is 8.63. The van der Waals surface area contributed by atoms with Crippen molar-refractivity contribution in [2.45, 2.75) is 18.9 Å². The third-order valence-electron chi connectivity index (χ3n) is 4.53. The van der Waals surface area contributed by atoms with Gasteiger partial charge in [-0.05, 0) is 67.2 Å².